The van der Waals surface area contributed by atoms with Gasteiger partial charge in [0.1, 0.15) is 11.5 Å². The van der Waals surface area contributed by atoms with E-state index >= 15 is 0 Å². The van der Waals surface area contributed by atoms with Gasteiger partial charge in [-0.25, -0.2) is 0 Å². The number of aryl methyl sites for hydroxylation is 1. The van der Waals surface area contributed by atoms with E-state index < -0.39 is 0 Å². The van der Waals surface area contributed by atoms with Crippen LogP contribution in [-0.4, -0.2) is 5.91 Å². The molecular weight excluding hydrogens is 318 g/mol. The molecule has 1 N–H and O–H groups in total. The number of carbonyl (C=O) groups excluding carboxylic acids is 1. The van der Waals surface area contributed by atoms with Gasteiger partial charge in [-0.3, -0.25) is 4.79 Å². The van der Waals surface area contributed by atoms with Crippen molar-refractivity contribution in [2.24, 2.45) is 0 Å². The highest BCUT2D eigenvalue weighted by molar-refractivity contribution is 9.10. The van der Waals surface area contributed by atoms with Crippen molar-refractivity contribution in [1.29, 1.82) is 0 Å². The summed E-state index contributed by atoms with van der Waals surface area (Å²) in [5, 5.41) is 3.30. The van der Waals surface area contributed by atoms with Gasteiger partial charge in [0.2, 0.25) is 0 Å². The predicted octanol–water partition coefficient (Wildman–Crippen LogP) is 3.93. The van der Waals surface area contributed by atoms with E-state index in [0.717, 1.165) is 11.5 Å². The second kappa shape index (κ2) is 5.59. The first-order valence-electron chi connectivity index (χ1n) is 5.35. The normalized spacial score (nSPS) is 10.4. The zero-order valence-electron chi connectivity index (χ0n) is 9.67. The first-order valence-corrected chi connectivity index (χ1v) is 6.52. The molecule has 2 aromatic rings. The molecule has 1 heterocycles. The largest absolute Gasteiger partial charge is 0.465 e. The van der Waals surface area contributed by atoms with Gasteiger partial charge in [0.05, 0.1) is 12.1 Å². The van der Waals surface area contributed by atoms with Crippen molar-refractivity contribution in [1.82, 2.24) is 5.32 Å². The number of furan rings is 1. The molecule has 0 saturated heterocycles. The first kappa shape index (κ1) is 13.2. The van der Waals surface area contributed by atoms with Crippen LogP contribution < -0.4 is 5.32 Å². The lowest BCUT2D eigenvalue weighted by Gasteiger charge is -2.06. The summed E-state index contributed by atoms with van der Waals surface area (Å²) in [5.41, 5.74) is 0.505. The average Bonchev–Trinajstić information content (AvgIpc) is 2.75. The van der Waals surface area contributed by atoms with Crippen LogP contribution in [0.1, 0.15) is 21.9 Å². The Balaban J connectivity index is 2.05. The number of carbonyl (C=O) groups is 1. The number of amides is 1. The third-order valence-corrected chi connectivity index (χ3v) is 3.32. The van der Waals surface area contributed by atoms with Crippen LogP contribution in [0, 0.1) is 6.92 Å². The molecule has 0 spiro atoms. The summed E-state index contributed by atoms with van der Waals surface area (Å²) in [4.78, 5) is 12.0. The Morgan fingerprint density at radius 1 is 1.39 bits per heavy atom. The summed E-state index contributed by atoms with van der Waals surface area (Å²) >= 11 is 9.18. The second-order valence-corrected chi connectivity index (χ2v) is 5.11. The third-order valence-electron chi connectivity index (χ3n) is 2.39. The van der Waals surface area contributed by atoms with Crippen molar-refractivity contribution in [2.45, 2.75) is 13.5 Å². The Morgan fingerprint density at radius 3 is 2.83 bits per heavy atom. The Labute approximate surface area is 118 Å². The van der Waals surface area contributed by atoms with Crippen LogP contribution in [0.2, 0.25) is 5.02 Å². The SMILES string of the molecule is Cc1ccc(CNC(=O)c2cc(Cl)ccc2Br)o1. The van der Waals surface area contributed by atoms with Crippen molar-refractivity contribution >= 4 is 33.4 Å². The van der Waals surface area contributed by atoms with Crippen LogP contribution in [0.25, 0.3) is 0 Å². The molecule has 0 aliphatic heterocycles. The molecule has 0 saturated carbocycles. The van der Waals surface area contributed by atoms with Crippen molar-refractivity contribution < 1.29 is 9.21 Å². The zero-order chi connectivity index (χ0) is 13.1. The van der Waals surface area contributed by atoms with E-state index in [1.54, 1.807) is 18.2 Å². The Morgan fingerprint density at radius 2 is 2.17 bits per heavy atom. The van der Waals surface area contributed by atoms with E-state index in [2.05, 4.69) is 21.2 Å². The van der Waals surface area contributed by atoms with Crippen molar-refractivity contribution in [3.8, 4) is 0 Å². The molecule has 94 valence electrons. The summed E-state index contributed by atoms with van der Waals surface area (Å²) in [5.74, 6) is 1.35. The fraction of sp³-hybridized carbons (Fsp3) is 0.154. The molecule has 0 unspecified atom stereocenters. The fourth-order valence-electron chi connectivity index (χ4n) is 1.51. The molecule has 1 amide bonds. The van der Waals surface area contributed by atoms with Crippen LogP contribution >= 0.6 is 27.5 Å². The minimum Gasteiger partial charge on any atom is -0.465 e. The van der Waals surface area contributed by atoms with E-state index in [4.69, 9.17) is 16.0 Å². The highest BCUT2D eigenvalue weighted by Crippen LogP contribution is 2.21. The van der Waals surface area contributed by atoms with Crippen LogP contribution in [-0.2, 0) is 6.54 Å². The molecule has 18 heavy (non-hydrogen) atoms. The van der Waals surface area contributed by atoms with Gasteiger partial charge in [-0.15, -0.1) is 0 Å². The summed E-state index contributed by atoms with van der Waals surface area (Å²) in [6, 6.07) is 8.78. The standard InChI is InChI=1S/C13H11BrClNO2/c1-8-2-4-10(18-8)7-16-13(17)11-6-9(15)3-5-12(11)14/h2-6H,7H2,1H3,(H,16,17). The van der Waals surface area contributed by atoms with Gasteiger partial charge in [-0.1, -0.05) is 11.6 Å². The number of rotatable bonds is 3. The van der Waals surface area contributed by atoms with Gasteiger partial charge in [0, 0.05) is 9.50 Å². The van der Waals surface area contributed by atoms with E-state index in [0.29, 0.717) is 21.6 Å². The topological polar surface area (TPSA) is 42.2 Å². The monoisotopic (exact) mass is 327 g/mol. The van der Waals surface area contributed by atoms with Crippen LogP contribution in [0.15, 0.2) is 39.2 Å². The van der Waals surface area contributed by atoms with Gasteiger partial charge in [-0.05, 0) is 53.2 Å². The summed E-state index contributed by atoms with van der Waals surface area (Å²) in [6.07, 6.45) is 0. The van der Waals surface area contributed by atoms with Crippen molar-refractivity contribution in [2.75, 3.05) is 0 Å². The molecule has 1 aromatic carbocycles. The average molecular weight is 329 g/mol. The third kappa shape index (κ3) is 3.15. The Kier molecular flexibility index (Phi) is 4.09. The maximum absolute atomic E-state index is 12.0. The molecule has 0 bridgehead atoms. The lowest BCUT2D eigenvalue weighted by molar-refractivity contribution is 0.0947. The summed E-state index contributed by atoms with van der Waals surface area (Å²) in [6.45, 7) is 2.21. The van der Waals surface area contributed by atoms with Gasteiger partial charge in [0.15, 0.2) is 0 Å². The molecule has 0 radical (unpaired) electrons. The fourth-order valence-corrected chi connectivity index (χ4v) is 2.11. The van der Waals surface area contributed by atoms with Gasteiger partial charge >= 0.3 is 0 Å². The second-order valence-electron chi connectivity index (χ2n) is 3.82. The molecule has 0 atom stereocenters. The zero-order valence-corrected chi connectivity index (χ0v) is 12.0. The quantitative estimate of drug-likeness (QED) is 0.927. The molecule has 0 aliphatic carbocycles. The maximum atomic E-state index is 12.0. The molecular formula is C13H11BrClNO2. The van der Waals surface area contributed by atoms with E-state index in [1.807, 2.05) is 19.1 Å². The van der Waals surface area contributed by atoms with E-state index in [9.17, 15) is 4.79 Å². The number of nitrogens with one attached hydrogen (secondary N) is 1. The number of benzene rings is 1. The Hall–Kier alpha value is -1.26. The smallest absolute Gasteiger partial charge is 0.252 e. The van der Waals surface area contributed by atoms with Crippen molar-refractivity contribution in [3.63, 3.8) is 0 Å². The maximum Gasteiger partial charge on any atom is 0.252 e. The number of hydrogen-bond acceptors (Lipinski definition) is 2. The highest BCUT2D eigenvalue weighted by Gasteiger charge is 2.11. The first-order chi connectivity index (χ1) is 8.56. The van der Waals surface area contributed by atoms with Crippen LogP contribution in [0.3, 0.4) is 0 Å². The highest BCUT2D eigenvalue weighted by atomic mass is 79.9. The molecule has 0 aliphatic rings. The Bertz CT molecular complexity index is 580. The summed E-state index contributed by atoms with van der Waals surface area (Å²) < 4.78 is 6.08. The minimum absolute atomic E-state index is 0.196. The molecule has 3 nitrogen and oxygen atoms in total. The van der Waals surface area contributed by atoms with Crippen LogP contribution in [0.4, 0.5) is 0 Å². The van der Waals surface area contributed by atoms with Crippen LogP contribution in [0.5, 0.6) is 0 Å². The molecule has 5 heteroatoms. The van der Waals surface area contributed by atoms with Gasteiger partial charge in [0.25, 0.3) is 5.91 Å². The minimum atomic E-state index is -0.196. The molecule has 1 aromatic heterocycles. The number of halogens is 2. The van der Waals surface area contributed by atoms with Gasteiger partial charge < -0.3 is 9.73 Å². The predicted molar refractivity (Wildman–Crippen MR) is 73.8 cm³/mol. The molecule has 0 fully saturated rings. The van der Waals surface area contributed by atoms with E-state index in [-0.39, 0.29) is 5.91 Å². The molecule has 2 rings (SSSR count). The summed E-state index contributed by atoms with van der Waals surface area (Å²) in [7, 11) is 0. The lowest BCUT2D eigenvalue weighted by atomic mass is 10.2. The number of hydrogen-bond donors (Lipinski definition) is 1. The van der Waals surface area contributed by atoms with Gasteiger partial charge in [-0.2, -0.15) is 0 Å². The van der Waals surface area contributed by atoms with Crippen molar-refractivity contribution in [3.05, 3.63) is 56.9 Å². The van der Waals surface area contributed by atoms with E-state index in [1.165, 1.54) is 0 Å². The lowest BCUT2D eigenvalue weighted by Crippen LogP contribution is -2.22.